The molecule has 0 radical (unpaired) electrons. The largest absolute Gasteiger partial charge is 0.493 e. The molecule has 0 bridgehead atoms. The third kappa shape index (κ3) is 4.60. The average molecular weight is 315 g/mol. The highest BCUT2D eigenvalue weighted by Crippen LogP contribution is 2.27. The maximum absolute atomic E-state index is 12.1. The molecule has 0 fully saturated rings. The highest BCUT2D eigenvalue weighted by Gasteiger charge is 2.10. The molecule has 0 aliphatic rings. The molecule has 6 heteroatoms. The van der Waals surface area contributed by atoms with Crippen molar-refractivity contribution in [3.8, 4) is 11.5 Å². The summed E-state index contributed by atoms with van der Waals surface area (Å²) in [5, 5.41) is 2.87. The van der Waals surface area contributed by atoms with Crippen LogP contribution in [0.3, 0.4) is 0 Å². The fraction of sp³-hybridized carbons (Fsp3) is 0.294. The smallest absolute Gasteiger partial charge is 0.317 e. The van der Waals surface area contributed by atoms with E-state index in [1.165, 1.54) is 0 Å². The Morgan fingerprint density at radius 2 is 1.96 bits per heavy atom. The van der Waals surface area contributed by atoms with E-state index in [-0.39, 0.29) is 6.03 Å². The van der Waals surface area contributed by atoms with Gasteiger partial charge < -0.3 is 19.7 Å². The van der Waals surface area contributed by atoms with E-state index < -0.39 is 0 Å². The average Bonchev–Trinajstić information content (AvgIpc) is 2.60. The molecule has 23 heavy (non-hydrogen) atoms. The van der Waals surface area contributed by atoms with Gasteiger partial charge in [0.2, 0.25) is 0 Å². The Kier molecular flexibility index (Phi) is 5.80. The van der Waals surface area contributed by atoms with E-state index in [0.717, 1.165) is 11.3 Å². The molecule has 0 aliphatic heterocycles. The molecule has 122 valence electrons. The first kappa shape index (κ1) is 16.6. The fourth-order valence-electron chi connectivity index (χ4n) is 2.11. The molecule has 1 aromatic heterocycles. The number of rotatable bonds is 6. The van der Waals surface area contributed by atoms with Crippen molar-refractivity contribution < 1.29 is 14.3 Å². The molecule has 1 aromatic carbocycles. The lowest BCUT2D eigenvalue weighted by Gasteiger charge is -2.18. The van der Waals surface area contributed by atoms with Crippen LogP contribution >= 0.6 is 0 Å². The molecule has 0 aliphatic carbocycles. The van der Waals surface area contributed by atoms with Gasteiger partial charge in [0.05, 0.1) is 26.5 Å². The van der Waals surface area contributed by atoms with E-state index in [9.17, 15) is 4.79 Å². The van der Waals surface area contributed by atoms with Gasteiger partial charge in [-0.2, -0.15) is 0 Å². The number of urea groups is 1. The van der Waals surface area contributed by atoms with Crippen molar-refractivity contribution in [2.75, 3.05) is 21.3 Å². The van der Waals surface area contributed by atoms with Crippen molar-refractivity contribution in [2.45, 2.75) is 13.1 Å². The van der Waals surface area contributed by atoms with Crippen molar-refractivity contribution in [2.24, 2.45) is 0 Å². The number of benzene rings is 1. The Balaban J connectivity index is 1.91. The number of methoxy groups -OCH3 is 2. The number of pyridine rings is 1. The summed E-state index contributed by atoms with van der Waals surface area (Å²) >= 11 is 0. The first-order valence-electron chi connectivity index (χ1n) is 7.24. The summed E-state index contributed by atoms with van der Waals surface area (Å²) in [5.41, 5.74) is 1.78. The minimum Gasteiger partial charge on any atom is -0.493 e. The van der Waals surface area contributed by atoms with E-state index in [2.05, 4.69) is 10.3 Å². The number of amides is 2. The second kappa shape index (κ2) is 8.03. The van der Waals surface area contributed by atoms with Crippen LogP contribution in [-0.4, -0.2) is 37.2 Å². The minimum atomic E-state index is -0.162. The number of nitrogens with zero attached hydrogens (tertiary/aromatic N) is 2. The first-order chi connectivity index (χ1) is 11.1. The number of aromatic nitrogens is 1. The van der Waals surface area contributed by atoms with Gasteiger partial charge in [0.15, 0.2) is 11.5 Å². The van der Waals surface area contributed by atoms with E-state index in [0.29, 0.717) is 24.6 Å². The van der Waals surface area contributed by atoms with Crippen LogP contribution in [-0.2, 0) is 13.1 Å². The highest BCUT2D eigenvalue weighted by atomic mass is 16.5. The summed E-state index contributed by atoms with van der Waals surface area (Å²) in [6.07, 6.45) is 1.71. The molecule has 1 N–H and O–H groups in total. The van der Waals surface area contributed by atoms with Gasteiger partial charge in [-0.3, -0.25) is 4.98 Å². The zero-order valence-corrected chi connectivity index (χ0v) is 13.6. The lowest BCUT2D eigenvalue weighted by atomic mass is 10.2. The van der Waals surface area contributed by atoms with Crippen LogP contribution in [0.5, 0.6) is 11.5 Å². The number of carbonyl (C=O) groups excluding carboxylic acids is 1. The summed E-state index contributed by atoms with van der Waals surface area (Å²) in [7, 11) is 4.91. The van der Waals surface area contributed by atoms with Crippen molar-refractivity contribution in [3.63, 3.8) is 0 Å². The zero-order valence-electron chi connectivity index (χ0n) is 13.6. The van der Waals surface area contributed by atoms with Crippen molar-refractivity contribution in [3.05, 3.63) is 53.9 Å². The number of carbonyl (C=O) groups is 1. The summed E-state index contributed by atoms with van der Waals surface area (Å²) in [5.74, 6) is 1.30. The standard InChI is InChI=1S/C17H21N3O3/c1-20(12-14-6-4-5-9-18-14)17(21)19-11-13-7-8-15(22-2)16(10-13)23-3/h4-10H,11-12H2,1-3H3,(H,19,21). The topological polar surface area (TPSA) is 63.7 Å². The van der Waals surface area contributed by atoms with Crippen LogP contribution < -0.4 is 14.8 Å². The maximum Gasteiger partial charge on any atom is 0.317 e. The van der Waals surface area contributed by atoms with Gasteiger partial charge >= 0.3 is 6.03 Å². The molecule has 6 nitrogen and oxygen atoms in total. The monoisotopic (exact) mass is 315 g/mol. The van der Waals surface area contributed by atoms with Crippen LogP contribution in [0, 0.1) is 0 Å². The molecule has 0 saturated heterocycles. The second-order valence-electron chi connectivity index (χ2n) is 5.03. The summed E-state index contributed by atoms with van der Waals surface area (Å²) in [6.45, 7) is 0.865. The number of nitrogens with one attached hydrogen (secondary N) is 1. The summed E-state index contributed by atoms with van der Waals surface area (Å²) in [4.78, 5) is 17.9. The molecule has 1 heterocycles. The first-order valence-corrected chi connectivity index (χ1v) is 7.24. The van der Waals surface area contributed by atoms with Crippen molar-refractivity contribution in [1.29, 1.82) is 0 Å². The lowest BCUT2D eigenvalue weighted by Crippen LogP contribution is -2.36. The van der Waals surface area contributed by atoms with Crippen molar-refractivity contribution >= 4 is 6.03 Å². The summed E-state index contributed by atoms with van der Waals surface area (Å²) < 4.78 is 10.4. The van der Waals surface area contributed by atoms with E-state index in [1.807, 2.05) is 36.4 Å². The third-order valence-electron chi connectivity index (χ3n) is 3.36. The minimum absolute atomic E-state index is 0.162. The van der Waals surface area contributed by atoms with Gasteiger partial charge in [-0.05, 0) is 29.8 Å². The molecule has 0 unspecified atom stereocenters. The van der Waals surface area contributed by atoms with Gasteiger partial charge in [0.1, 0.15) is 0 Å². The number of ether oxygens (including phenoxy) is 2. The van der Waals surface area contributed by atoms with E-state index in [1.54, 1.807) is 32.4 Å². The molecule has 0 spiro atoms. The zero-order chi connectivity index (χ0) is 16.7. The Bertz CT molecular complexity index is 647. The number of hydrogen-bond acceptors (Lipinski definition) is 4. The lowest BCUT2D eigenvalue weighted by molar-refractivity contribution is 0.206. The Hall–Kier alpha value is -2.76. The van der Waals surface area contributed by atoms with Crippen LogP contribution in [0.25, 0.3) is 0 Å². The van der Waals surface area contributed by atoms with Crippen LogP contribution in [0.2, 0.25) is 0 Å². The highest BCUT2D eigenvalue weighted by molar-refractivity contribution is 5.73. The molecular formula is C17H21N3O3. The Morgan fingerprint density at radius 3 is 2.61 bits per heavy atom. The van der Waals surface area contributed by atoms with Gasteiger partial charge in [-0.15, -0.1) is 0 Å². The molecule has 2 amide bonds. The van der Waals surface area contributed by atoms with Crippen molar-refractivity contribution in [1.82, 2.24) is 15.2 Å². The third-order valence-corrected chi connectivity index (χ3v) is 3.36. The van der Waals surface area contributed by atoms with Gasteiger partial charge in [0.25, 0.3) is 0 Å². The fourth-order valence-corrected chi connectivity index (χ4v) is 2.11. The normalized spacial score (nSPS) is 10.0. The predicted molar refractivity (Wildman–Crippen MR) is 87.5 cm³/mol. The molecule has 0 atom stereocenters. The van der Waals surface area contributed by atoms with Crippen LogP contribution in [0.4, 0.5) is 4.79 Å². The van der Waals surface area contributed by atoms with Crippen LogP contribution in [0.1, 0.15) is 11.3 Å². The van der Waals surface area contributed by atoms with Gasteiger partial charge in [-0.1, -0.05) is 12.1 Å². The van der Waals surface area contributed by atoms with Gasteiger partial charge in [0, 0.05) is 19.8 Å². The molecule has 2 aromatic rings. The van der Waals surface area contributed by atoms with E-state index in [4.69, 9.17) is 9.47 Å². The second-order valence-corrected chi connectivity index (χ2v) is 5.03. The van der Waals surface area contributed by atoms with Gasteiger partial charge in [-0.25, -0.2) is 4.79 Å². The number of hydrogen-bond donors (Lipinski definition) is 1. The predicted octanol–water partition coefficient (Wildman–Crippen LogP) is 2.44. The van der Waals surface area contributed by atoms with Crippen LogP contribution in [0.15, 0.2) is 42.6 Å². The molecule has 0 saturated carbocycles. The summed E-state index contributed by atoms with van der Waals surface area (Å²) in [6, 6.07) is 11.0. The van der Waals surface area contributed by atoms with E-state index >= 15 is 0 Å². The molecule has 2 rings (SSSR count). The SMILES string of the molecule is COc1ccc(CNC(=O)N(C)Cc2ccccn2)cc1OC. The quantitative estimate of drug-likeness (QED) is 0.889. The maximum atomic E-state index is 12.1. The Morgan fingerprint density at radius 1 is 1.17 bits per heavy atom. The molecular weight excluding hydrogens is 294 g/mol. The Labute approximate surface area is 136 Å².